The van der Waals surface area contributed by atoms with Crippen LogP contribution in [0.5, 0.6) is 0 Å². The third-order valence-electron chi connectivity index (χ3n) is 11.0. The molecule has 5 fully saturated rings. The molecule has 5 atom stereocenters. The molecule has 13 heteroatoms. The molecule has 5 aliphatic rings. The molecule has 0 aromatic rings. The Morgan fingerprint density at radius 1 is 0.978 bits per heavy atom. The SMILES string of the molecule is CC(C)(C)[C@H](NC(=O)NC1(CS(C)(=O)=O)CCCCC1)C(=O)N1C[C@H]2C[C@@H](C1C(=O)NC(CC1CCC1)C(=O)C(N)=O)C2(C)C. The van der Waals surface area contributed by atoms with Gasteiger partial charge in [-0.05, 0) is 54.3 Å². The molecule has 12 nitrogen and oxygen atoms in total. The minimum atomic E-state index is -3.39. The molecule has 2 aliphatic heterocycles. The number of sulfone groups is 1. The molecule has 2 saturated heterocycles. The minimum Gasteiger partial charge on any atom is -0.363 e. The first-order valence-corrected chi connectivity index (χ1v) is 18.5. The highest BCUT2D eigenvalue weighted by molar-refractivity contribution is 7.90. The molecular formula is C32H53N5O7S. The predicted molar refractivity (Wildman–Crippen MR) is 169 cm³/mol. The van der Waals surface area contributed by atoms with Crippen molar-refractivity contribution in [3.63, 3.8) is 0 Å². The van der Waals surface area contributed by atoms with Crippen LogP contribution in [0, 0.1) is 28.6 Å². The first kappa shape index (κ1) is 35.2. The number of hydrogen-bond donors (Lipinski definition) is 4. The molecule has 5 amide bonds. The number of hydrogen-bond acceptors (Lipinski definition) is 7. The lowest BCUT2D eigenvalue weighted by Crippen LogP contribution is -2.73. The van der Waals surface area contributed by atoms with Crippen molar-refractivity contribution in [2.24, 2.45) is 34.3 Å². The van der Waals surface area contributed by atoms with Crippen LogP contribution in [0.3, 0.4) is 0 Å². The van der Waals surface area contributed by atoms with Crippen molar-refractivity contribution < 1.29 is 32.4 Å². The molecule has 2 heterocycles. The summed E-state index contributed by atoms with van der Waals surface area (Å²) in [6, 6.07) is -3.59. The summed E-state index contributed by atoms with van der Waals surface area (Å²) in [4.78, 5) is 68.1. The van der Waals surface area contributed by atoms with Crippen LogP contribution in [-0.4, -0.2) is 85.1 Å². The van der Waals surface area contributed by atoms with Crippen molar-refractivity contribution in [2.75, 3.05) is 18.6 Å². The van der Waals surface area contributed by atoms with Gasteiger partial charge in [0, 0.05) is 12.8 Å². The van der Waals surface area contributed by atoms with Gasteiger partial charge in [0.1, 0.15) is 21.9 Å². The number of rotatable bonds is 11. The number of carbonyl (C=O) groups excluding carboxylic acids is 5. The van der Waals surface area contributed by atoms with Gasteiger partial charge < -0.3 is 26.6 Å². The third kappa shape index (κ3) is 7.82. The van der Waals surface area contributed by atoms with Crippen LogP contribution in [-0.2, 0) is 29.0 Å². The number of primary amides is 1. The number of nitrogens with zero attached hydrogens (tertiary/aromatic N) is 1. The molecule has 2 bridgehead atoms. The minimum absolute atomic E-state index is 0.156. The predicted octanol–water partition coefficient (Wildman–Crippen LogP) is 2.05. The van der Waals surface area contributed by atoms with E-state index in [0.29, 0.717) is 25.8 Å². The van der Waals surface area contributed by atoms with E-state index in [1.165, 1.54) is 4.90 Å². The molecule has 0 radical (unpaired) electrons. The highest BCUT2D eigenvalue weighted by Gasteiger charge is 2.61. The lowest BCUT2D eigenvalue weighted by atomic mass is 9.49. The van der Waals surface area contributed by atoms with Crippen LogP contribution in [0.25, 0.3) is 0 Å². The van der Waals surface area contributed by atoms with E-state index in [-0.39, 0.29) is 28.9 Å². The highest BCUT2D eigenvalue weighted by atomic mass is 32.2. The number of piperidine rings is 2. The van der Waals surface area contributed by atoms with Gasteiger partial charge in [-0.3, -0.25) is 19.2 Å². The second-order valence-corrected chi connectivity index (χ2v) is 18.1. The van der Waals surface area contributed by atoms with Crippen molar-refractivity contribution in [3.8, 4) is 0 Å². The molecule has 5 rings (SSSR count). The van der Waals surface area contributed by atoms with Gasteiger partial charge in [0.2, 0.25) is 17.6 Å². The monoisotopic (exact) mass is 651 g/mol. The molecule has 254 valence electrons. The number of nitrogens with one attached hydrogen (secondary N) is 3. The summed E-state index contributed by atoms with van der Waals surface area (Å²) in [5.74, 6) is -2.84. The highest BCUT2D eigenvalue weighted by Crippen LogP contribution is 2.57. The second-order valence-electron chi connectivity index (χ2n) is 15.9. The lowest BCUT2D eigenvalue weighted by molar-refractivity contribution is -0.179. The normalized spacial score (nSPS) is 27.2. The van der Waals surface area contributed by atoms with Crippen molar-refractivity contribution in [3.05, 3.63) is 0 Å². The first-order chi connectivity index (χ1) is 20.7. The molecule has 5 N–H and O–H groups in total. The van der Waals surface area contributed by atoms with Crippen LogP contribution in [0.1, 0.15) is 98.8 Å². The Morgan fingerprint density at radius 3 is 2.09 bits per heavy atom. The fourth-order valence-electron chi connectivity index (χ4n) is 8.00. The summed E-state index contributed by atoms with van der Waals surface area (Å²) in [5, 5.41) is 8.59. The molecule has 0 aromatic carbocycles. The van der Waals surface area contributed by atoms with Crippen molar-refractivity contribution in [1.82, 2.24) is 20.9 Å². The zero-order valence-corrected chi connectivity index (χ0v) is 28.6. The number of ketones is 1. The van der Waals surface area contributed by atoms with E-state index in [4.69, 9.17) is 5.73 Å². The van der Waals surface area contributed by atoms with E-state index >= 15 is 0 Å². The van der Waals surface area contributed by atoms with Gasteiger partial charge in [0.05, 0.1) is 17.3 Å². The molecule has 0 aromatic heterocycles. The number of urea groups is 1. The van der Waals surface area contributed by atoms with Crippen molar-refractivity contribution in [1.29, 1.82) is 0 Å². The van der Waals surface area contributed by atoms with Crippen molar-refractivity contribution in [2.45, 2.75) is 122 Å². The Morgan fingerprint density at radius 2 is 1.60 bits per heavy atom. The van der Waals surface area contributed by atoms with E-state index in [1.54, 1.807) is 0 Å². The third-order valence-corrected chi connectivity index (χ3v) is 12.1. The number of fused-ring (bicyclic) bond motifs is 2. The van der Waals surface area contributed by atoms with Crippen molar-refractivity contribution >= 4 is 39.4 Å². The number of nitrogens with two attached hydrogens (primary N) is 1. The van der Waals surface area contributed by atoms with Crippen LogP contribution >= 0.6 is 0 Å². The van der Waals surface area contributed by atoms with Crippen LogP contribution in [0.2, 0.25) is 0 Å². The van der Waals surface area contributed by atoms with Gasteiger partial charge in [0.25, 0.3) is 5.91 Å². The Hall–Kier alpha value is -2.70. The standard InChI is InChI=1S/C32H53N5O7S/c1-30(2,3)25(35-29(42)36-32(18-45(6,43)44)13-8-7-9-14-32)28(41)37-17-20-16-21(31(20,4)5)23(37)27(40)34-22(24(38)26(33)39)15-19-11-10-12-19/h19-23,25H,7-18H2,1-6H3,(H2,33,39)(H,34,40)(H2,35,36,42)/t20-,21+,22?,23?,25-/m1/s1. The largest absolute Gasteiger partial charge is 0.363 e. The average molecular weight is 652 g/mol. The average Bonchev–Trinajstić information content (AvgIpc) is 2.90. The van der Waals surface area contributed by atoms with Gasteiger partial charge in [0.15, 0.2) is 0 Å². The van der Waals surface area contributed by atoms with Crippen LogP contribution < -0.4 is 21.7 Å². The van der Waals surface area contributed by atoms with Crippen LogP contribution in [0.15, 0.2) is 0 Å². The Kier molecular flexibility index (Phi) is 10.0. The summed E-state index contributed by atoms with van der Waals surface area (Å²) in [7, 11) is -3.39. The maximum Gasteiger partial charge on any atom is 0.315 e. The van der Waals surface area contributed by atoms with E-state index in [1.807, 2.05) is 20.8 Å². The zero-order valence-electron chi connectivity index (χ0n) is 27.7. The Balaban J connectivity index is 1.57. The molecular weight excluding hydrogens is 598 g/mol. The Bertz CT molecular complexity index is 1300. The Labute approximate surface area is 267 Å². The van der Waals surface area contributed by atoms with Gasteiger partial charge in [-0.15, -0.1) is 0 Å². The number of Topliss-reactive ketones (excluding diaryl/α,β-unsaturated/α-hetero) is 1. The summed E-state index contributed by atoms with van der Waals surface area (Å²) in [5.41, 5.74) is 3.45. The molecule has 3 aliphatic carbocycles. The maximum atomic E-state index is 14.4. The molecule has 45 heavy (non-hydrogen) atoms. The molecule has 0 spiro atoms. The maximum absolute atomic E-state index is 14.4. The van der Waals surface area contributed by atoms with Gasteiger partial charge in [-0.1, -0.05) is 73.1 Å². The first-order valence-electron chi connectivity index (χ1n) is 16.4. The summed E-state index contributed by atoms with van der Waals surface area (Å²) in [6.07, 6.45) is 8.69. The fraction of sp³-hybridized carbons (Fsp3) is 0.844. The molecule has 2 unspecified atom stereocenters. The quantitative estimate of drug-likeness (QED) is 0.246. The summed E-state index contributed by atoms with van der Waals surface area (Å²) >= 11 is 0. The summed E-state index contributed by atoms with van der Waals surface area (Å²) < 4.78 is 24.6. The lowest BCUT2D eigenvalue weighted by Gasteiger charge is -2.63. The summed E-state index contributed by atoms with van der Waals surface area (Å²) in [6.45, 7) is 9.94. The van der Waals surface area contributed by atoms with Gasteiger partial charge in [-0.25, -0.2) is 13.2 Å². The van der Waals surface area contributed by atoms with E-state index in [9.17, 15) is 32.4 Å². The van der Waals surface area contributed by atoms with Crippen LogP contribution in [0.4, 0.5) is 4.79 Å². The fourth-order valence-corrected chi connectivity index (χ4v) is 9.37. The topological polar surface area (TPSA) is 185 Å². The van der Waals surface area contributed by atoms with E-state index in [2.05, 4.69) is 29.8 Å². The number of amides is 5. The van der Waals surface area contributed by atoms with Gasteiger partial charge >= 0.3 is 6.03 Å². The van der Waals surface area contributed by atoms with Gasteiger partial charge in [-0.2, -0.15) is 0 Å². The van der Waals surface area contributed by atoms with E-state index < -0.39 is 68.5 Å². The zero-order chi connectivity index (χ0) is 33.5. The second kappa shape index (κ2) is 12.8. The number of carbonyl (C=O) groups is 5. The molecule has 3 saturated carbocycles. The van der Waals surface area contributed by atoms with E-state index in [0.717, 1.165) is 51.2 Å². The smallest absolute Gasteiger partial charge is 0.315 e.